The zero-order valence-corrected chi connectivity index (χ0v) is 11.8. The summed E-state index contributed by atoms with van der Waals surface area (Å²) in [6.07, 6.45) is 2.42. The Hall–Kier alpha value is 0.910. The molecule has 0 bridgehead atoms. The lowest BCUT2D eigenvalue weighted by atomic mass is 10.1. The minimum Gasteiger partial charge on any atom is -0.0864 e. The molecule has 66 valence electrons. The summed E-state index contributed by atoms with van der Waals surface area (Å²) >= 11 is 9.35. The van der Waals surface area contributed by atoms with Crippen molar-refractivity contribution in [1.82, 2.24) is 0 Å². The molecule has 0 aliphatic heterocycles. The molecule has 0 unspecified atom stereocenters. The number of benzene rings is 1. The van der Waals surface area contributed by atoms with Gasteiger partial charge in [0.1, 0.15) is 0 Å². The summed E-state index contributed by atoms with van der Waals surface area (Å²) in [6, 6.07) is 6.42. The van der Waals surface area contributed by atoms with E-state index in [2.05, 4.69) is 72.6 Å². The summed E-state index contributed by atoms with van der Waals surface area (Å²) in [5.74, 6) is 0. The van der Waals surface area contributed by atoms with Crippen LogP contribution < -0.4 is 0 Å². The van der Waals surface area contributed by atoms with Crippen LogP contribution in [0.25, 0.3) is 0 Å². The van der Waals surface area contributed by atoms with Crippen molar-refractivity contribution in [2.75, 3.05) is 4.43 Å². The maximum atomic E-state index is 3.47. The van der Waals surface area contributed by atoms with Gasteiger partial charge in [0, 0.05) is 8.95 Å². The molecule has 0 aromatic heterocycles. The Balaban J connectivity index is 2.72. The van der Waals surface area contributed by atoms with Crippen LogP contribution in [0.3, 0.4) is 0 Å². The molecular formula is C9H9Br2I. The highest BCUT2D eigenvalue weighted by Gasteiger charge is 1.96. The van der Waals surface area contributed by atoms with E-state index in [1.807, 2.05) is 0 Å². The number of aryl methyl sites for hydroxylation is 1. The maximum Gasteiger partial charge on any atom is 0.0189 e. The quantitative estimate of drug-likeness (QED) is 0.512. The zero-order chi connectivity index (χ0) is 8.97. The molecule has 0 saturated heterocycles. The van der Waals surface area contributed by atoms with Gasteiger partial charge in [0.05, 0.1) is 0 Å². The molecule has 1 rings (SSSR count). The molecule has 0 nitrogen and oxygen atoms in total. The molecule has 12 heavy (non-hydrogen) atoms. The predicted molar refractivity (Wildman–Crippen MR) is 69.1 cm³/mol. The third-order valence-electron chi connectivity index (χ3n) is 1.52. The van der Waals surface area contributed by atoms with Crippen molar-refractivity contribution in [1.29, 1.82) is 0 Å². The van der Waals surface area contributed by atoms with E-state index in [0.29, 0.717) is 0 Å². The first-order valence-electron chi connectivity index (χ1n) is 3.73. The number of hydrogen-bond acceptors (Lipinski definition) is 0. The van der Waals surface area contributed by atoms with E-state index >= 15 is 0 Å². The van der Waals surface area contributed by atoms with E-state index in [1.54, 1.807) is 0 Å². The van der Waals surface area contributed by atoms with Crippen LogP contribution in [0.5, 0.6) is 0 Å². The third kappa shape index (κ3) is 3.75. The van der Waals surface area contributed by atoms with Crippen LogP contribution in [-0.2, 0) is 6.42 Å². The van der Waals surface area contributed by atoms with Crippen LogP contribution in [0, 0.1) is 0 Å². The SMILES string of the molecule is Brc1cc(Br)cc(CCCI)c1. The van der Waals surface area contributed by atoms with Crippen molar-refractivity contribution in [2.45, 2.75) is 12.8 Å². The summed E-state index contributed by atoms with van der Waals surface area (Å²) in [6.45, 7) is 0. The molecule has 0 amide bonds. The Morgan fingerprint density at radius 1 is 1.08 bits per heavy atom. The molecular weight excluding hydrogens is 395 g/mol. The van der Waals surface area contributed by atoms with E-state index in [-0.39, 0.29) is 0 Å². The van der Waals surface area contributed by atoms with Crippen LogP contribution in [-0.4, -0.2) is 4.43 Å². The number of halogens is 3. The van der Waals surface area contributed by atoms with Gasteiger partial charge in [-0.15, -0.1) is 0 Å². The first-order valence-corrected chi connectivity index (χ1v) is 6.84. The zero-order valence-electron chi connectivity index (χ0n) is 6.49. The second-order valence-electron chi connectivity index (χ2n) is 2.57. The van der Waals surface area contributed by atoms with Gasteiger partial charge < -0.3 is 0 Å². The summed E-state index contributed by atoms with van der Waals surface area (Å²) < 4.78 is 3.53. The fourth-order valence-corrected chi connectivity index (χ4v) is 2.80. The predicted octanol–water partition coefficient (Wildman–Crippen LogP) is 4.58. The highest BCUT2D eigenvalue weighted by molar-refractivity contribution is 14.1. The monoisotopic (exact) mass is 402 g/mol. The molecule has 0 spiro atoms. The standard InChI is InChI=1S/C9H9Br2I/c10-8-4-7(2-1-3-12)5-9(11)6-8/h4-6H,1-3H2. The van der Waals surface area contributed by atoms with Crippen molar-refractivity contribution < 1.29 is 0 Å². The minimum absolute atomic E-state index is 1.15. The summed E-state index contributed by atoms with van der Waals surface area (Å²) in [7, 11) is 0. The van der Waals surface area contributed by atoms with Gasteiger partial charge in [-0.3, -0.25) is 0 Å². The van der Waals surface area contributed by atoms with E-state index in [9.17, 15) is 0 Å². The average Bonchev–Trinajstić information content (AvgIpc) is 1.99. The molecule has 0 fully saturated rings. The lowest BCUT2D eigenvalue weighted by Gasteiger charge is -2.01. The first-order chi connectivity index (χ1) is 5.72. The average molecular weight is 404 g/mol. The van der Waals surface area contributed by atoms with Gasteiger partial charge in [-0.05, 0) is 41.0 Å². The third-order valence-corrected chi connectivity index (χ3v) is 3.20. The molecule has 0 N–H and O–H groups in total. The molecule has 1 aromatic rings. The molecule has 3 heteroatoms. The van der Waals surface area contributed by atoms with E-state index < -0.39 is 0 Å². The molecule has 0 radical (unpaired) electrons. The van der Waals surface area contributed by atoms with Gasteiger partial charge >= 0.3 is 0 Å². The normalized spacial score (nSPS) is 10.2. The molecule has 0 saturated carbocycles. The van der Waals surface area contributed by atoms with Gasteiger partial charge in [0.25, 0.3) is 0 Å². The number of rotatable bonds is 3. The maximum absolute atomic E-state index is 3.47. The van der Waals surface area contributed by atoms with Crippen molar-refractivity contribution in [3.8, 4) is 0 Å². The molecule has 0 aliphatic rings. The Bertz CT molecular complexity index is 240. The Kier molecular flexibility index (Phi) is 5.13. The smallest absolute Gasteiger partial charge is 0.0189 e. The van der Waals surface area contributed by atoms with Crippen LogP contribution in [0.1, 0.15) is 12.0 Å². The second-order valence-corrected chi connectivity index (χ2v) is 5.48. The van der Waals surface area contributed by atoms with Crippen LogP contribution in [0.4, 0.5) is 0 Å². The van der Waals surface area contributed by atoms with Gasteiger partial charge in [0.2, 0.25) is 0 Å². The van der Waals surface area contributed by atoms with Gasteiger partial charge in [-0.2, -0.15) is 0 Å². The van der Waals surface area contributed by atoms with Crippen molar-refractivity contribution >= 4 is 54.5 Å². The highest BCUT2D eigenvalue weighted by atomic mass is 127. The molecule has 1 aromatic carbocycles. The van der Waals surface area contributed by atoms with Crippen LogP contribution in [0.15, 0.2) is 27.1 Å². The molecule has 0 atom stereocenters. The lowest BCUT2D eigenvalue weighted by Crippen LogP contribution is -1.85. The van der Waals surface area contributed by atoms with E-state index in [1.165, 1.54) is 22.8 Å². The summed E-state index contributed by atoms with van der Waals surface area (Å²) in [5.41, 5.74) is 1.40. The van der Waals surface area contributed by atoms with Crippen LogP contribution >= 0.6 is 54.5 Å². The fourth-order valence-electron chi connectivity index (χ4n) is 1.03. The first kappa shape index (κ1) is 11.0. The van der Waals surface area contributed by atoms with Crippen molar-refractivity contribution in [3.05, 3.63) is 32.7 Å². The van der Waals surface area contributed by atoms with Crippen molar-refractivity contribution in [2.24, 2.45) is 0 Å². The minimum atomic E-state index is 1.15. The van der Waals surface area contributed by atoms with Gasteiger partial charge in [-0.25, -0.2) is 0 Å². The largest absolute Gasteiger partial charge is 0.0864 e. The lowest BCUT2D eigenvalue weighted by molar-refractivity contribution is 0.944. The Morgan fingerprint density at radius 3 is 2.17 bits per heavy atom. The highest BCUT2D eigenvalue weighted by Crippen LogP contribution is 2.20. The molecule has 0 heterocycles. The fraction of sp³-hybridized carbons (Fsp3) is 0.333. The Labute approximate surface area is 104 Å². The summed E-state index contributed by atoms with van der Waals surface area (Å²) in [5, 5.41) is 0. The topological polar surface area (TPSA) is 0 Å². The van der Waals surface area contributed by atoms with Crippen molar-refractivity contribution in [3.63, 3.8) is 0 Å². The summed E-state index contributed by atoms with van der Waals surface area (Å²) in [4.78, 5) is 0. The number of alkyl halides is 1. The van der Waals surface area contributed by atoms with Gasteiger partial charge in [-0.1, -0.05) is 54.5 Å². The Morgan fingerprint density at radius 2 is 1.67 bits per heavy atom. The second kappa shape index (κ2) is 5.60. The number of hydrogen-bond donors (Lipinski definition) is 0. The van der Waals surface area contributed by atoms with Gasteiger partial charge in [0.15, 0.2) is 0 Å². The van der Waals surface area contributed by atoms with E-state index in [4.69, 9.17) is 0 Å². The molecule has 0 aliphatic carbocycles. The van der Waals surface area contributed by atoms with E-state index in [0.717, 1.165) is 8.95 Å². The van der Waals surface area contributed by atoms with Crippen LogP contribution in [0.2, 0.25) is 0 Å².